The Morgan fingerprint density at radius 2 is 1.94 bits per heavy atom. The molecule has 0 aliphatic heterocycles. The van der Waals surface area contributed by atoms with Crippen LogP contribution in [-0.4, -0.2) is 16.6 Å². The standard InChI is InChI=1S/C12H11ClFN3O/c1-2-18-8-5-3-7(4-6-8)10-9(14)11(15)17-12(13)16-10/h3-6H,2H2,1H3,(H2,15,16,17). The second-order valence-electron chi connectivity index (χ2n) is 3.50. The molecule has 4 nitrogen and oxygen atoms in total. The maximum absolute atomic E-state index is 13.8. The quantitative estimate of drug-likeness (QED) is 0.869. The van der Waals surface area contributed by atoms with Crippen molar-refractivity contribution in [2.45, 2.75) is 6.92 Å². The number of nitrogens with zero attached hydrogens (tertiary/aromatic N) is 2. The third kappa shape index (κ3) is 2.51. The number of aromatic nitrogens is 2. The molecular weight excluding hydrogens is 257 g/mol. The van der Waals surface area contributed by atoms with Gasteiger partial charge in [0.15, 0.2) is 11.6 Å². The van der Waals surface area contributed by atoms with Gasteiger partial charge < -0.3 is 10.5 Å². The number of nitrogen functional groups attached to an aromatic ring is 1. The van der Waals surface area contributed by atoms with E-state index in [1.54, 1.807) is 24.3 Å². The molecule has 0 amide bonds. The van der Waals surface area contributed by atoms with Crippen LogP contribution < -0.4 is 10.5 Å². The van der Waals surface area contributed by atoms with E-state index in [0.29, 0.717) is 17.9 Å². The molecule has 6 heteroatoms. The number of hydrogen-bond donors (Lipinski definition) is 1. The third-order valence-electron chi connectivity index (χ3n) is 2.29. The lowest BCUT2D eigenvalue weighted by molar-refractivity contribution is 0.340. The Kier molecular flexibility index (Phi) is 3.62. The van der Waals surface area contributed by atoms with Crippen molar-refractivity contribution in [2.24, 2.45) is 0 Å². The molecule has 18 heavy (non-hydrogen) atoms. The van der Waals surface area contributed by atoms with E-state index in [4.69, 9.17) is 22.1 Å². The minimum Gasteiger partial charge on any atom is -0.494 e. The molecule has 0 unspecified atom stereocenters. The van der Waals surface area contributed by atoms with Gasteiger partial charge in [0.25, 0.3) is 0 Å². The molecule has 0 aliphatic rings. The fourth-order valence-corrected chi connectivity index (χ4v) is 1.68. The number of anilines is 1. The number of halogens is 2. The fraction of sp³-hybridized carbons (Fsp3) is 0.167. The van der Waals surface area contributed by atoms with Crippen LogP contribution in [0.2, 0.25) is 5.28 Å². The maximum Gasteiger partial charge on any atom is 0.225 e. The van der Waals surface area contributed by atoms with Gasteiger partial charge in [-0.05, 0) is 42.8 Å². The van der Waals surface area contributed by atoms with E-state index in [2.05, 4.69) is 9.97 Å². The summed E-state index contributed by atoms with van der Waals surface area (Å²) in [5.41, 5.74) is 6.04. The Labute approximate surface area is 109 Å². The molecule has 0 atom stereocenters. The molecule has 0 saturated carbocycles. The van der Waals surface area contributed by atoms with Gasteiger partial charge >= 0.3 is 0 Å². The van der Waals surface area contributed by atoms with Gasteiger partial charge in [0.2, 0.25) is 5.28 Å². The normalized spacial score (nSPS) is 10.4. The summed E-state index contributed by atoms with van der Waals surface area (Å²) in [6, 6.07) is 6.83. The zero-order valence-corrected chi connectivity index (χ0v) is 10.4. The minimum absolute atomic E-state index is 0.0792. The first kappa shape index (κ1) is 12.6. The summed E-state index contributed by atoms with van der Waals surface area (Å²) in [6.45, 7) is 2.46. The number of benzene rings is 1. The van der Waals surface area contributed by atoms with Gasteiger partial charge in [-0.1, -0.05) is 0 Å². The van der Waals surface area contributed by atoms with Gasteiger partial charge in [0, 0.05) is 5.56 Å². The zero-order chi connectivity index (χ0) is 13.1. The molecular formula is C12H11ClFN3O. The van der Waals surface area contributed by atoms with E-state index < -0.39 is 5.82 Å². The second-order valence-corrected chi connectivity index (χ2v) is 3.84. The fourth-order valence-electron chi connectivity index (χ4n) is 1.50. The molecule has 0 radical (unpaired) electrons. The van der Waals surface area contributed by atoms with Crippen LogP contribution >= 0.6 is 11.6 Å². The molecule has 0 spiro atoms. The average Bonchev–Trinajstić information content (AvgIpc) is 2.35. The molecule has 0 aliphatic carbocycles. The molecule has 0 saturated heterocycles. The third-order valence-corrected chi connectivity index (χ3v) is 2.46. The Hall–Kier alpha value is -1.88. The van der Waals surface area contributed by atoms with Crippen molar-refractivity contribution < 1.29 is 9.13 Å². The SMILES string of the molecule is CCOc1ccc(-c2nc(Cl)nc(N)c2F)cc1. The van der Waals surface area contributed by atoms with Crippen LogP contribution in [0.1, 0.15) is 6.92 Å². The van der Waals surface area contributed by atoms with Crippen molar-refractivity contribution in [3.63, 3.8) is 0 Å². The second kappa shape index (κ2) is 5.18. The minimum atomic E-state index is -0.677. The highest BCUT2D eigenvalue weighted by molar-refractivity contribution is 6.28. The van der Waals surface area contributed by atoms with Crippen molar-refractivity contribution in [3.8, 4) is 17.0 Å². The molecule has 1 heterocycles. The summed E-state index contributed by atoms with van der Waals surface area (Å²) in [5, 5.41) is -0.0854. The Bertz CT molecular complexity index is 560. The molecule has 0 fully saturated rings. The first-order chi connectivity index (χ1) is 8.61. The molecule has 0 bridgehead atoms. The summed E-state index contributed by atoms with van der Waals surface area (Å²) < 4.78 is 19.1. The van der Waals surface area contributed by atoms with Crippen molar-refractivity contribution in [3.05, 3.63) is 35.4 Å². The summed E-state index contributed by atoms with van der Waals surface area (Å²) in [5.74, 6) is -0.239. The highest BCUT2D eigenvalue weighted by Crippen LogP contribution is 2.26. The lowest BCUT2D eigenvalue weighted by Gasteiger charge is -2.06. The van der Waals surface area contributed by atoms with Gasteiger partial charge in [-0.3, -0.25) is 0 Å². The number of rotatable bonds is 3. The van der Waals surface area contributed by atoms with E-state index in [-0.39, 0.29) is 16.8 Å². The largest absolute Gasteiger partial charge is 0.494 e. The van der Waals surface area contributed by atoms with Gasteiger partial charge in [-0.25, -0.2) is 9.37 Å². The highest BCUT2D eigenvalue weighted by atomic mass is 35.5. The van der Waals surface area contributed by atoms with Gasteiger partial charge in [0.05, 0.1) is 6.61 Å². The summed E-state index contributed by atoms with van der Waals surface area (Å²) in [6.07, 6.45) is 0. The molecule has 1 aromatic heterocycles. The van der Waals surface area contributed by atoms with Crippen LogP contribution in [0.5, 0.6) is 5.75 Å². The Balaban J connectivity index is 2.42. The monoisotopic (exact) mass is 267 g/mol. The van der Waals surface area contributed by atoms with Gasteiger partial charge in [0.1, 0.15) is 11.4 Å². The number of nitrogens with two attached hydrogens (primary N) is 1. The number of ether oxygens (including phenoxy) is 1. The van der Waals surface area contributed by atoms with E-state index >= 15 is 0 Å². The van der Waals surface area contributed by atoms with E-state index in [9.17, 15) is 4.39 Å². The smallest absolute Gasteiger partial charge is 0.225 e. The summed E-state index contributed by atoms with van der Waals surface area (Å²) in [4.78, 5) is 7.38. The summed E-state index contributed by atoms with van der Waals surface area (Å²) in [7, 11) is 0. The van der Waals surface area contributed by atoms with Crippen molar-refractivity contribution in [2.75, 3.05) is 12.3 Å². The topological polar surface area (TPSA) is 61.0 Å². The molecule has 1 aromatic carbocycles. The van der Waals surface area contributed by atoms with Crippen molar-refractivity contribution in [1.29, 1.82) is 0 Å². The molecule has 2 N–H and O–H groups in total. The maximum atomic E-state index is 13.8. The van der Waals surface area contributed by atoms with Gasteiger partial charge in [-0.15, -0.1) is 0 Å². The first-order valence-electron chi connectivity index (χ1n) is 5.33. The van der Waals surface area contributed by atoms with Crippen LogP contribution in [0.15, 0.2) is 24.3 Å². The average molecular weight is 268 g/mol. The van der Waals surface area contributed by atoms with Crippen LogP contribution in [0, 0.1) is 5.82 Å². The van der Waals surface area contributed by atoms with E-state index in [1.807, 2.05) is 6.92 Å². The van der Waals surface area contributed by atoms with E-state index in [1.165, 1.54) is 0 Å². The lowest BCUT2D eigenvalue weighted by atomic mass is 10.1. The summed E-state index contributed by atoms with van der Waals surface area (Å²) >= 11 is 5.66. The van der Waals surface area contributed by atoms with Crippen molar-refractivity contribution >= 4 is 17.4 Å². The Morgan fingerprint density at radius 1 is 1.28 bits per heavy atom. The lowest BCUT2D eigenvalue weighted by Crippen LogP contribution is -2.01. The van der Waals surface area contributed by atoms with Gasteiger partial charge in [-0.2, -0.15) is 4.98 Å². The van der Waals surface area contributed by atoms with E-state index in [0.717, 1.165) is 0 Å². The van der Waals surface area contributed by atoms with Crippen LogP contribution in [0.4, 0.5) is 10.2 Å². The van der Waals surface area contributed by atoms with Crippen LogP contribution in [0.25, 0.3) is 11.3 Å². The first-order valence-corrected chi connectivity index (χ1v) is 5.71. The zero-order valence-electron chi connectivity index (χ0n) is 9.65. The predicted molar refractivity (Wildman–Crippen MR) is 68.0 cm³/mol. The molecule has 2 rings (SSSR count). The number of hydrogen-bond acceptors (Lipinski definition) is 4. The van der Waals surface area contributed by atoms with Crippen molar-refractivity contribution in [1.82, 2.24) is 9.97 Å². The Morgan fingerprint density at radius 3 is 2.56 bits per heavy atom. The molecule has 94 valence electrons. The molecule has 2 aromatic rings. The predicted octanol–water partition coefficient (Wildman–Crippen LogP) is 2.92. The van der Waals surface area contributed by atoms with Crippen LogP contribution in [0.3, 0.4) is 0 Å². The highest BCUT2D eigenvalue weighted by Gasteiger charge is 2.13. The van der Waals surface area contributed by atoms with Crippen LogP contribution in [-0.2, 0) is 0 Å².